The fourth-order valence-electron chi connectivity index (χ4n) is 8.68. The molecule has 3 N–H and O–H groups in total. The zero-order chi connectivity index (χ0) is 51.9. The van der Waals surface area contributed by atoms with E-state index in [2.05, 4.69) is 10.6 Å². The molecule has 3 saturated heterocycles. The van der Waals surface area contributed by atoms with E-state index in [9.17, 15) is 38.7 Å². The lowest BCUT2D eigenvalue weighted by Gasteiger charge is -2.39. The number of hydroxylamine groups is 2. The second-order valence-electron chi connectivity index (χ2n) is 19.3. The van der Waals surface area contributed by atoms with Gasteiger partial charge in [-0.2, -0.15) is 0 Å². The lowest BCUT2D eigenvalue weighted by Crippen LogP contribution is -2.57. The highest BCUT2D eigenvalue weighted by atomic mass is 35.5. The number of aliphatic hydroxyl groups is 1. The Morgan fingerprint density at radius 2 is 1.68 bits per heavy atom. The monoisotopic (exact) mass is 1040 g/mol. The lowest BCUT2D eigenvalue weighted by molar-refractivity contribution is -0.197. The number of benzene rings is 2. The number of imide groups is 1. The molecule has 71 heavy (non-hydrogen) atoms. The van der Waals surface area contributed by atoms with Crippen LogP contribution in [0.4, 0.5) is 16.2 Å². The van der Waals surface area contributed by atoms with Crippen molar-refractivity contribution >= 4 is 86.2 Å². The summed E-state index contributed by atoms with van der Waals surface area (Å²) in [6.07, 6.45) is 4.15. The molecule has 8 atom stereocenters. The summed E-state index contributed by atoms with van der Waals surface area (Å²) in [6.45, 7) is 12.9. The fraction of sp³-hybridized carbons (Fsp3) is 0.549. The Morgan fingerprint density at radius 1 is 1.00 bits per heavy atom. The van der Waals surface area contributed by atoms with Crippen LogP contribution in [0.3, 0.4) is 0 Å². The van der Waals surface area contributed by atoms with E-state index in [-0.39, 0.29) is 66.4 Å². The summed E-state index contributed by atoms with van der Waals surface area (Å²) in [5, 5.41) is 17.9. The number of nitrogens with one attached hydrogen (secondary N) is 2. The Kier molecular flexibility index (Phi) is 18.4. The van der Waals surface area contributed by atoms with E-state index in [4.69, 9.17) is 35.4 Å². The third-order valence-corrected chi connectivity index (χ3v) is 16.9. The largest absolute Gasteiger partial charge is 0.496 e. The summed E-state index contributed by atoms with van der Waals surface area (Å²) < 4.78 is 24.0. The van der Waals surface area contributed by atoms with Crippen molar-refractivity contribution in [1.29, 1.82) is 0 Å². The summed E-state index contributed by atoms with van der Waals surface area (Å²) in [7, 11) is 6.35. The summed E-state index contributed by atoms with van der Waals surface area (Å²) >= 11 is 6.90. The normalized spacial score (nSPS) is 26.8. The van der Waals surface area contributed by atoms with Crippen molar-refractivity contribution in [2.45, 2.75) is 153 Å². The molecule has 0 radical (unpaired) electrons. The molecule has 0 spiro atoms. The maximum Gasteiger partial charge on any atom is 0.409 e. The van der Waals surface area contributed by atoms with Gasteiger partial charge in [0.15, 0.2) is 0 Å². The minimum Gasteiger partial charge on any atom is -0.496 e. The van der Waals surface area contributed by atoms with Crippen molar-refractivity contribution in [3.05, 3.63) is 64.7 Å². The number of ether oxygens (including phenoxy) is 4. The first-order valence-electron chi connectivity index (χ1n) is 23.9. The second-order valence-corrected chi connectivity index (χ2v) is 22.9. The average molecular weight is 1040 g/mol. The number of alkyl carbamates (subject to hydrolysis) is 1. The second kappa shape index (κ2) is 23.6. The predicted molar refractivity (Wildman–Crippen MR) is 271 cm³/mol. The van der Waals surface area contributed by atoms with Crippen molar-refractivity contribution in [2.75, 3.05) is 24.4 Å². The van der Waals surface area contributed by atoms with E-state index in [1.165, 1.54) is 12.0 Å². The van der Waals surface area contributed by atoms with E-state index < -0.39 is 77.2 Å². The quantitative estimate of drug-likeness (QED) is 0.0658. The number of anilines is 2. The van der Waals surface area contributed by atoms with Crippen molar-refractivity contribution in [3.8, 4) is 16.9 Å². The van der Waals surface area contributed by atoms with Gasteiger partial charge in [-0.05, 0) is 68.5 Å². The topological polar surface area (TPSA) is 220 Å². The van der Waals surface area contributed by atoms with Crippen LogP contribution in [0.25, 0.3) is 11.1 Å². The number of methoxy groups -OCH3 is 1. The highest BCUT2D eigenvalue weighted by molar-refractivity contribution is 8.77. The highest BCUT2D eigenvalue weighted by Crippen LogP contribution is 2.50. The zero-order valence-electron chi connectivity index (χ0n) is 41.7. The van der Waals surface area contributed by atoms with Crippen LogP contribution in [0.2, 0.25) is 5.02 Å². The fourth-order valence-corrected chi connectivity index (χ4v) is 11.4. The van der Waals surface area contributed by atoms with Crippen LogP contribution in [0.15, 0.2) is 54.1 Å². The van der Waals surface area contributed by atoms with Crippen LogP contribution < -0.4 is 20.3 Å². The maximum atomic E-state index is 14.7. The first kappa shape index (κ1) is 55.2. The smallest absolute Gasteiger partial charge is 0.409 e. The van der Waals surface area contributed by atoms with E-state index in [0.717, 1.165) is 11.1 Å². The van der Waals surface area contributed by atoms with Crippen LogP contribution in [0, 0.1) is 11.8 Å². The van der Waals surface area contributed by atoms with Crippen molar-refractivity contribution in [1.82, 2.24) is 10.4 Å². The molecule has 0 saturated carbocycles. The number of esters is 1. The Bertz CT molecular complexity index is 2440. The number of fused-ring (bicyclic) bond motifs is 5. The van der Waals surface area contributed by atoms with Crippen LogP contribution in [-0.2, 0) is 54.2 Å². The zero-order valence-corrected chi connectivity index (χ0v) is 44.1. The van der Waals surface area contributed by atoms with Gasteiger partial charge in [0.2, 0.25) is 11.8 Å². The molecule has 0 aliphatic carbocycles. The molecular formula is C51H65ClN4O13S2. The molecule has 2 aromatic rings. The number of halogens is 1. The molecule has 4 aliphatic rings. The maximum absolute atomic E-state index is 14.7. The predicted octanol–water partition coefficient (Wildman–Crippen LogP) is 8.63. The molecule has 5 amide bonds. The lowest BCUT2D eigenvalue weighted by atomic mass is 9.84. The van der Waals surface area contributed by atoms with Gasteiger partial charge >= 0.3 is 18.0 Å². The van der Waals surface area contributed by atoms with Crippen molar-refractivity contribution < 1.29 is 62.5 Å². The van der Waals surface area contributed by atoms with Gasteiger partial charge in [-0.1, -0.05) is 97.7 Å². The van der Waals surface area contributed by atoms with Gasteiger partial charge in [0.25, 0.3) is 11.8 Å². The molecule has 4 heterocycles. The van der Waals surface area contributed by atoms with Gasteiger partial charge in [-0.15, -0.1) is 5.06 Å². The minimum atomic E-state index is -1.58. The number of rotatable bonds is 15. The van der Waals surface area contributed by atoms with Crippen LogP contribution in [0.5, 0.6) is 5.75 Å². The van der Waals surface area contributed by atoms with Crippen LogP contribution in [0.1, 0.15) is 112 Å². The summed E-state index contributed by atoms with van der Waals surface area (Å²) in [4.78, 5) is 96.0. The molecule has 20 heteroatoms. The standard InChI is InChI=1S/C51H65ClN4O13S2/c1-28(2)48(62)67-40-26-44(60)55(8)37-23-33(22-29(3)12-10-11-21-51(64)27-39(66-49(63)54-51)32(6)47-50(40,7)68-47)24-38(65-9)46(37)34-15-16-36(35(52)25-34)53-41(57)17-13-30(4)70-71-31(5)14-20-45(61)69-56-42(58)18-19-43(56)59/h10-12,15-16,23-25,28,30-32,39-40,47,64H,13-14,17-22,26-27H2,1-9H3,(H,53,57)(H,54,63)/b11-10+,29-12+/t30?,31?,32-,39+,40+,47+,50+,51-/m1/s1. The first-order chi connectivity index (χ1) is 33.5. The van der Waals surface area contributed by atoms with Gasteiger partial charge in [0, 0.05) is 67.6 Å². The van der Waals surface area contributed by atoms with Gasteiger partial charge in [0.1, 0.15) is 29.3 Å². The molecule has 0 aromatic heterocycles. The number of hydrogen-bond acceptors (Lipinski definition) is 15. The van der Waals surface area contributed by atoms with E-state index in [1.807, 2.05) is 52.0 Å². The average Bonchev–Trinajstić information content (AvgIpc) is 3.92. The molecule has 2 unspecified atom stereocenters. The number of nitrogens with zero attached hydrogens (tertiary/aromatic N) is 2. The Hall–Kier alpha value is -5.08. The van der Waals surface area contributed by atoms with Crippen molar-refractivity contribution in [3.63, 3.8) is 0 Å². The SMILES string of the molecule is COc1cc2cc(c1-c1ccc(NC(=O)CCC(C)SSC(C)CCC(=O)ON3C(=O)CCC3=O)c(Cl)c1)N(C)C(=O)C[C@H](OC(=O)C(C)C)[C@]1(C)O[C@H]1[C@H](C)[C@@H]1C[C@](O)(C/C=C/C=C(\C)C2)NC(=O)O1. The van der Waals surface area contributed by atoms with Gasteiger partial charge < -0.3 is 39.1 Å². The number of hydrogen-bond donors (Lipinski definition) is 3. The number of amides is 5. The Morgan fingerprint density at radius 3 is 2.32 bits per heavy atom. The third-order valence-electron chi connectivity index (χ3n) is 13.0. The van der Waals surface area contributed by atoms with Crippen LogP contribution >= 0.6 is 33.2 Å². The summed E-state index contributed by atoms with van der Waals surface area (Å²) in [6, 6.07) is 8.97. The van der Waals surface area contributed by atoms with Crippen LogP contribution in [-0.4, -0.2) is 106 Å². The molecule has 3 fully saturated rings. The van der Waals surface area contributed by atoms with Gasteiger partial charge in [-0.25, -0.2) is 9.59 Å². The van der Waals surface area contributed by atoms with Crippen molar-refractivity contribution in [2.24, 2.45) is 11.8 Å². The molecule has 4 aliphatic heterocycles. The molecule has 4 bridgehead atoms. The summed E-state index contributed by atoms with van der Waals surface area (Å²) in [5.74, 6) is -3.31. The molecule has 17 nitrogen and oxygen atoms in total. The molecular weight excluding hydrogens is 976 g/mol. The third kappa shape index (κ3) is 14.1. The summed E-state index contributed by atoms with van der Waals surface area (Å²) in [5.41, 5.74) is 1.08. The number of allylic oxidation sites excluding steroid dienone is 3. The van der Waals surface area contributed by atoms with E-state index in [0.29, 0.717) is 52.6 Å². The van der Waals surface area contributed by atoms with Gasteiger partial charge in [0.05, 0.1) is 41.9 Å². The van der Waals surface area contributed by atoms with E-state index >= 15 is 0 Å². The molecule has 386 valence electrons. The van der Waals surface area contributed by atoms with Gasteiger partial charge in [-0.3, -0.25) is 29.3 Å². The number of carbonyl (C=O) groups excluding carboxylic acids is 7. The molecule has 6 rings (SSSR count). The van der Waals surface area contributed by atoms with E-state index in [1.54, 1.807) is 73.7 Å². The molecule has 2 aromatic carbocycles. The Balaban J connectivity index is 1.19. The first-order valence-corrected chi connectivity index (χ1v) is 26.5. The minimum absolute atomic E-state index is 0.0369. The highest BCUT2D eigenvalue weighted by Gasteiger charge is 2.64. The number of carbonyl (C=O) groups is 7. The number of epoxide rings is 1. The Labute approximate surface area is 427 Å².